The molecule has 1 heterocycles. The number of nitrogens with one attached hydrogen (secondary N) is 1. The van der Waals surface area contributed by atoms with Gasteiger partial charge in [-0.25, -0.2) is 0 Å². The van der Waals surface area contributed by atoms with Crippen molar-refractivity contribution in [2.24, 2.45) is 0 Å². The Hall–Kier alpha value is -1.95. The van der Waals surface area contributed by atoms with E-state index in [1.165, 1.54) is 11.3 Å². The molecular weight excluding hydrogens is 298 g/mol. The van der Waals surface area contributed by atoms with Crippen molar-refractivity contribution in [1.29, 1.82) is 0 Å². The summed E-state index contributed by atoms with van der Waals surface area (Å²) < 4.78 is 5.39. The van der Waals surface area contributed by atoms with Gasteiger partial charge in [-0.3, -0.25) is 4.79 Å². The third kappa shape index (κ3) is 5.11. The summed E-state index contributed by atoms with van der Waals surface area (Å²) in [6, 6.07) is 7.84. The van der Waals surface area contributed by atoms with Crippen LogP contribution in [0.15, 0.2) is 24.3 Å². The van der Waals surface area contributed by atoms with E-state index in [0.29, 0.717) is 24.6 Å². The van der Waals surface area contributed by atoms with Crippen LogP contribution < -0.4 is 10.1 Å². The predicted octanol–water partition coefficient (Wildman–Crippen LogP) is 3.46. The summed E-state index contributed by atoms with van der Waals surface area (Å²) in [5.74, 6) is 0.820. The highest BCUT2D eigenvalue weighted by atomic mass is 32.1. The number of nitrogens with zero attached hydrogens (tertiary/aromatic N) is 2. The first-order valence-corrected chi connectivity index (χ1v) is 8.37. The first kappa shape index (κ1) is 16.4. The predicted molar refractivity (Wildman–Crippen MR) is 88.5 cm³/mol. The second-order valence-electron chi connectivity index (χ2n) is 4.88. The largest absolute Gasteiger partial charge is 0.494 e. The fourth-order valence-corrected chi connectivity index (χ4v) is 2.84. The minimum Gasteiger partial charge on any atom is -0.494 e. The zero-order chi connectivity index (χ0) is 15.8. The zero-order valence-electron chi connectivity index (χ0n) is 13.0. The Morgan fingerprint density at radius 1 is 1.18 bits per heavy atom. The molecule has 1 amide bonds. The number of hydrogen-bond donors (Lipinski definition) is 1. The molecule has 0 radical (unpaired) electrons. The van der Waals surface area contributed by atoms with Crippen molar-refractivity contribution in [2.45, 2.75) is 39.5 Å². The van der Waals surface area contributed by atoms with E-state index in [9.17, 15) is 4.79 Å². The minimum absolute atomic E-state index is 0.0342. The highest BCUT2D eigenvalue weighted by molar-refractivity contribution is 7.15. The average Bonchev–Trinajstić information content (AvgIpc) is 2.94. The first-order valence-electron chi connectivity index (χ1n) is 7.55. The van der Waals surface area contributed by atoms with Crippen LogP contribution in [0.3, 0.4) is 0 Å². The number of ether oxygens (including phenoxy) is 1. The number of amides is 1. The Labute approximate surface area is 134 Å². The van der Waals surface area contributed by atoms with Gasteiger partial charge in [0, 0.05) is 12.8 Å². The van der Waals surface area contributed by atoms with Gasteiger partial charge in [0.2, 0.25) is 11.0 Å². The molecule has 0 spiro atoms. The van der Waals surface area contributed by atoms with E-state index in [2.05, 4.69) is 22.4 Å². The molecule has 0 saturated heterocycles. The number of aromatic nitrogens is 2. The molecule has 0 aliphatic carbocycles. The molecule has 1 aromatic heterocycles. The Morgan fingerprint density at radius 3 is 2.64 bits per heavy atom. The Morgan fingerprint density at radius 2 is 1.95 bits per heavy atom. The standard InChI is InChI=1S/C16H21N3O2S/c1-3-5-15-18-19-16(22-15)17-14(20)11-8-12-6-9-13(10-7-12)21-4-2/h6-7,9-10H,3-5,8,11H2,1-2H3,(H,17,19,20). The molecule has 22 heavy (non-hydrogen) atoms. The number of rotatable bonds is 8. The van der Waals surface area contributed by atoms with Crippen LogP contribution in [0, 0.1) is 0 Å². The summed E-state index contributed by atoms with van der Waals surface area (Å²) in [4.78, 5) is 11.9. The van der Waals surface area contributed by atoms with E-state index in [1.54, 1.807) is 0 Å². The summed E-state index contributed by atoms with van der Waals surface area (Å²) in [6.07, 6.45) is 3.05. The van der Waals surface area contributed by atoms with Crippen LogP contribution in [0.25, 0.3) is 0 Å². The molecule has 1 N–H and O–H groups in total. The molecule has 0 atom stereocenters. The normalized spacial score (nSPS) is 10.5. The molecular formula is C16H21N3O2S. The SMILES string of the molecule is CCCc1nnc(NC(=O)CCc2ccc(OCC)cc2)s1. The van der Waals surface area contributed by atoms with Crippen LogP contribution in [-0.2, 0) is 17.6 Å². The fraction of sp³-hybridized carbons (Fsp3) is 0.438. The lowest BCUT2D eigenvalue weighted by atomic mass is 10.1. The Bertz CT molecular complexity index is 596. The number of benzene rings is 1. The van der Waals surface area contributed by atoms with Crippen LogP contribution in [0.1, 0.15) is 37.3 Å². The lowest BCUT2D eigenvalue weighted by molar-refractivity contribution is -0.116. The van der Waals surface area contributed by atoms with Crippen molar-refractivity contribution >= 4 is 22.4 Å². The number of anilines is 1. The van der Waals surface area contributed by atoms with Crippen molar-refractivity contribution in [3.8, 4) is 5.75 Å². The lowest BCUT2D eigenvalue weighted by Gasteiger charge is -2.05. The monoisotopic (exact) mass is 319 g/mol. The average molecular weight is 319 g/mol. The van der Waals surface area contributed by atoms with Gasteiger partial charge in [-0.1, -0.05) is 30.4 Å². The molecule has 118 valence electrons. The molecule has 0 aliphatic heterocycles. The van der Waals surface area contributed by atoms with Crippen molar-refractivity contribution in [2.75, 3.05) is 11.9 Å². The molecule has 2 rings (SSSR count). The number of hydrogen-bond acceptors (Lipinski definition) is 5. The zero-order valence-corrected chi connectivity index (χ0v) is 13.8. The maximum Gasteiger partial charge on any atom is 0.226 e. The van der Waals surface area contributed by atoms with Gasteiger partial charge >= 0.3 is 0 Å². The highest BCUT2D eigenvalue weighted by Crippen LogP contribution is 2.17. The van der Waals surface area contributed by atoms with E-state index < -0.39 is 0 Å². The van der Waals surface area contributed by atoms with Gasteiger partial charge in [-0.05, 0) is 37.5 Å². The van der Waals surface area contributed by atoms with E-state index in [4.69, 9.17) is 4.74 Å². The van der Waals surface area contributed by atoms with Gasteiger partial charge in [-0.2, -0.15) is 0 Å². The van der Waals surface area contributed by atoms with Crippen LogP contribution in [0.2, 0.25) is 0 Å². The molecule has 6 heteroatoms. The van der Waals surface area contributed by atoms with Gasteiger partial charge in [0.25, 0.3) is 0 Å². The van der Waals surface area contributed by atoms with Gasteiger partial charge in [0.1, 0.15) is 10.8 Å². The van der Waals surface area contributed by atoms with E-state index in [1.807, 2.05) is 31.2 Å². The van der Waals surface area contributed by atoms with Crippen molar-refractivity contribution in [1.82, 2.24) is 10.2 Å². The van der Waals surface area contributed by atoms with Crippen molar-refractivity contribution in [3.63, 3.8) is 0 Å². The van der Waals surface area contributed by atoms with Gasteiger partial charge < -0.3 is 10.1 Å². The van der Waals surface area contributed by atoms with E-state index in [0.717, 1.165) is 29.2 Å². The molecule has 2 aromatic rings. The smallest absolute Gasteiger partial charge is 0.226 e. The summed E-state index contributed by atoms with van der Waals surface area (Å²) in [7, 11) is 0. The summed E-state index contributed by atoms with van der Waals surface area (Å²) >= 11 is 1.44. The van der Waals surface area contributed by atoms with Crippen LogP contribution in [0.5, 0.6) is 5.75 Å². The second kappa shape index (κ2) is 8.48. The summed E-state index contributed by atoms with van der Waals surface area (Å²) in [6.45, 7) is 4.71. The molecule has 0 unspecified atom stereocenters. The summed E-state index contributed by atoms with van der Waals surface area (Å²) in [5, 5.41) is 12.4. The maximum absolute atomic E-state index is 11.9. The van der Waals surface area contributed by atoms with Crippen LogP contribution >= 0.6 is 11.3 Å². The maximum atomic E-state index is 11.9. The van der Waals surface area contributed by atoms with Gasteiger partial charge in [0.05, 0.1) is 6.61 Å². The second-order valence-corrected chi connectivity index (χ2v) is 5.94. The first-order chi connectivity index (χ1) is 10.7. The highest BCUT2D eigenvalue weighted by Gasteiger charge is 2.08. The van der Waals surface area contributed by atoms with E-state index in [-0.39, 0.29) is 5.91 Å². The molecule has 5 nitrogen and oxygen atoms in total. The summed E-state index contributed by atoms with van der Waals surface area (Å²) in [5.41, 5.74) is 1.11. The lowest BCUT2D eigenvalue weighted by Crippen LogP contribution is -2.12. The molecule has 1 aromatic carbocycles. The minimum atomic E-state index is -0.0342. The van der Waals surface area contributed by atoms with Gasteiger partial charge in [-0.15, -0.1) is 10.2 Å². The van der Waals surface area contributed by atoms with E-state index >= 15 is 0 Å². The molecule has 0 bridgehead atoms. The molecule has 0 saturated carbocycles. The Kier molecular flexibility index (Phi) is 6.33. The van der Waals surface area contributed by atoms with Crippen LogP contribution in [-0.4, -0.2) is 22.7 Å². The topological polar surface area (TPSA) is 64.1 Å². The Balaban J connectivity index is 1.79. The third-order valence-corrected chi connectivity index (χ3v) is 3.95. The molecule has 0 fully saturated rings. The number of carbonyl (C=O) groups is 1. The fourth-order valence-electron chi connectivity index (χ4n) is 1.98. The van der Waals surface area contributed by atoms with Crippen molar-refractivity contribution < 1.29 is 9.53 Å². The molecule has 0 aliphatic rings. The van der Waals surface area contributed by atoms with Crippen molar-refractivity contribution in [3.05, 3.63) is 34.8 Å². The quantitative estimate of drug-likeness (QED) is 0.809. The number of carbonyl (C=O) groups excluding carboxylic acids is 1. The number of aryl methyl sites for hydroxylation is 2. The third-order valence-electron chi connectivity index (χ3n) is 3.05. The van der Waals surface area contributed by atoms with Gasteiger partial charge in [0.15, 0.2) is 0 Å². The van der Waals surface area contributed by atoms with Crippen LogP contribution in [0.4, 0.5) is 5.13 Å².